The van der Waals surface area contributed by atoms with Gasteiger partial charge < -0.3 is 14.0 Å². The summed E-state index contributed by atoms with van der Waals surface area (Å²) in [5.74, 6) is 0.968. The Morgan fingerprint density at radius 2 is 1.76 bits per heavy atom. The number of hydrogen-bond acceptors (Lipinski definition) is 7. The first kappa shape index (κ1) is 20.7. The van der Waals surface area contributed by atoms with Crippen molar-refractivity contribution >= 4 is 10.0 Å². The fourth-order valence-electron chi connectivity index (χ4n) is 2.68. The van der Waals surface area contributed by atoms with Gasteiger partial charge in [-0.05, 0) is 42.5 Å². The van der Waals surface area contributed by atoms with E-state index in [0.717, 1.165) is 12.1 Å². The molecule has 8 nitrogen and oxygen atoms in total. The van der Waals surface area contributed by atoms with Crippen molar-refractivity contribution in [3.05, 3.63) is 54.2 Å². The van der Waals surface area contributed by atoms with Gasteiger partial charge in [0, 0.05) is 12.1 Å². The Morgan fingerprint density at radius 3 is 2.38 bits per heavy atom. The predicted octanol–water partition coefficient (Wildman–Crippen LogP) is 3.10. The van der Waals surface area contributed by atoms with Crippen LogP contribution in [0, 0.1) is 5.82 Å². The summed E-state index contributed by atoms with van der Waals surface area (Å²) in [6, 6.07) is 9.78. The van der Waals surface area contributed by atoms with Gasteiger partial charge in [0.15, 0.2) is 11.5 Å². The molecule has 3 rings (SSSR count). The number of ether oxygens (including phenoxy) is 2. The molecule has 0 radical (unpaired) electrons. The van der Waals surface area contributed by atoms with Crippen LogP contribution < -0.4 is 9.47 Å². The highest BCUT2D eigenvalue weighted by atomic mass is 32.2. The lowest BCUT2D eigenvalue weighted by molar-refractivity contribution is 0.321. The fourth-order valence-corrected chi connectivity index (χ4v) is 4.08. The van der Waals surface area contributed by atoms with Gasteiger partial charge in [0.1, 0.15) is 5.82 Å². The Kier molecular flexibility index (Phi) is 6.14. The Labute approximate surface area is 167 Å². The highest BCUT2D eigenvalue weighted by Gasteiger charge is 2.25. The third-order valence-corrected chi connectivity index (χ3v) is 6.16. The van der Waals surface area contributed by atoms with Crippen molar-refractivity contribution < 1.29 is 26.8 Å². The maximum atomic E-state index is 13.1. The van der Waals surface area contributed by atoms with Crippen molar-refractivity contribution in [1.82, 2.24) is 14.4 Å². The molecule has 0 fully saturated rings. The highest BCUT2D eigenvalue weighted by Crippen LogP contribution is 2.31. The molecule has 3 aromatic rings. The molecule has 0 unspecified atom stereocenters. The molecular weight excluding hydrogens is 401 g/mol. The minimum atomic E-state index is -3.84. The van der Waals surface area contributed by atoms with Crippen LogP contribution >= 0.6 is 0 Å². The molecule has 154 valence electrons. The molecule has 10 heteroatoms. The number of hydrogen-bond donors (Lipinski definition) is 0. The first-order valence-corrected chi connectivity index (χ1v) is 10.1. The van der Waals surface area contributed by atoms with Crippen molar-refractivity contribution in [3.8, 4) is 22.9 Å². The van der Waals surface area contributed by atoms with E-state index in [1.165, 1.54) is 30.7 Å². The molecule has 29 heavy (non-hydrogen) atoms. The molecule has 0 aliphatic heterocycles. The Balaban J connectivity index is 1.84. The number of aromatic nitrogens is 2. The van der Waals surface area contributed by atoms with Gasteiger partial charge in [0.2, 0.25) is 21.7 Å². The minimum absolute atomic E-state index is 0.0135. The number of rotatable bonds is 8. The van der Waals surface area contributed by atoms with Crippen LogP contribution in [0.5, 0.6) is 11.5 Å². The van der Waals surface area contributed by atoms with Gasteiger partial charge in [0.25, 0.3) is 0 Å². The number of nitrogens with zero attached hydrogens (tertiary/aromatic N) is 3. The number of halogens is 1. The van der Waals surface area contributed by atoms with E-state index in [4.69, 9.17) is 14.0 Å². The van der Waals surface area contributed by atoms with E-state index >= 15 is 0 Å². The molecule has 0 amide bonds. The summed E-state index contributed by atoms with van der Waals surface area (Å²) in [6.07, 6.45) is 0. The normalized spacial score (nSPS) is 11.6. The van der Waals surface area contributed by atoms with E-state index in [1.54, 1.807) is 25.1 Å². The second-order valence-electron chi connectivity index (χ2n) is 5.97. The zero-order chi connectivity index (χ0) is 21.0. The van der Waals surface area contributed by atoms with Crippen LogP contribution in [0.2, 0.25) is 0 Å². The summed E-state index contributed by atoms with van der Waals surface area (Å²) in [7, 11) is -0.790. The average Bonchev–Trinajstić information content (AvgIpc) is 3.20. The first-order valence-electron chi connectivity index (χ1n) is 8.69. The first-order chi connectivity index (χ1) is 13.9. The van der Waals surface area contributed by atoms with Gasteiger partial charge >= 0.3 is 0 Å². The summed E-state index contributed by atoms with van der Waals surface area (Å²) in [6.45, 7) is 1.75. The summed E-state index contributed by atoms with van der Waals surface area (Å²) >= 11 is 0. The zero-order valence-corrected chi connectivity index (χ0v) is 16.9. The standard InChI is InChI=1S/C19H20FN3O5S/c1-4-23(29(24,25)15-8-6-14(20)7-9-15)12-18-21-19(22-28-18)13-5-10-16(26-2)17(11-13)27-3/h5-11H,4,12H2,1-3H3. The van der Waals surface area contributed by atoms with E-state index < -0.39 is 15.8 Å². The quantitative estimate of drug-likeness (QED) is 0.551. The second-order valence-corrected chi connectivity index (χ2v) is 7.90. The monoisotopic (exact) mass is 421 g/mol. The molecule has 0 atom stereocenters. The van der Waals surface area contributed by atoms with Crippen LogP contribution in [0.1, 0.15) is 12.8 Å². The molecule has 0 saturated carbocycles. The highest BCUT2D eigenvalue weighted by molar-refractivity contribution is 7.89. The topological polar surface area (TPSA) is 94.8 Å². The smallest absolute Gasteiger partial charge is 0.243 e. The molecule has 0 spiro atoms. The number of benzene rings is 2. The fraction of sp³-hybridized carbons (Fsp3) is 0.263. The lowest BCUT2D eigenvalue weighted by Gasteiger charge is -2.18. The zero-order valence-electron chi connectivity index (χ0n) is 16.1. The Morgan fingerprint density at radius 1 is 1.07 bits per heavy atom. The van der Waals surface area contributed by atoms with Crippen LogP contribution in [-0.2, 0) is 16.6 Å². The maximum absolute atomic E-state index is 13.1. The Bertz CT molecular complexity index is 1080. The molecule has 2 aromatic carbocycles. The van der Waals surface area contributed by atoms with Crippen molar-refractivity contribution in [3.63, 3.8) is 0 Å². The summed E-state index contributed by atoms with van der Waals surface area (Å²) in [5, 5.41) is 3.92. The molecule has 0 aliphatic carbocycles. The van der Waals surface area contributed by atoms with Crippen LogP contribution in [0.3, 0.4) is 0 Å². The largest absolute Gasteiger partial charge is 0.493 e. The lowest BCUT2D eigenvalue weighted by Crippen LogP contribution is -2.30. The molecule has 1 aromatic heterocycles. The van der Waals surface area contributed by atoms with Crippen LogP contribution in [-0.4, -0.2) is 43.6 Å². The van der Waals surface area contributed by atoms with Gasteiger partial charge in [-0.2, -0.15) is 9.29 Å². The van der Waals surface area contributed by atoms with Gasteiger partial charge in [-0.15, -0.1) is 0 Å². The third kappa shape index (κ3) is 4.38. The average molecular weight is 421 g/mol. The van der Waals surface area contributed by atoms with E-state index in [0.29, 0.717) is 17.1 Å². The Hall–Kier alpha value is -2.98. The number of methoxy groups -OCH3 is 2. The van der Waals surface area contributed by atoms with Gasteiger partial charge in [-0.1, -0.05) is 12.1 Å². The summed E-state index contributed by atoms with van der Waals surface area (Å²) < 4.78 is 55.6. The lowest BCUT2D eigenvalue weighted by atomic mass is 10.2. The SMILES string of the molecule is CCN(Cc1nc(-c2ccc(OC)c(OC)c2)no1)S(=O)(=O)c1ccc(F)cc1. The molecule has 0 bridgehead atoms. The van der Waals surface area contributed by atoms with Crippen molar-refractivity contribution in [1.29, 1.82) is 0 Å². The molecule has 0 N–H and O–H groups in total. The molecule has 0 aliphatic rings. The van der Waals surface area contributed by atoms with Crippen LogP contribution in [0.15, 0.2) is 51.9 Å². The summed E-state index contributed by atoms with van der Waals surface area (Å²) in [5.41, 5.74) is 0.627. The molecule has 0 saturated heterocycles. The predicted molar refractivity (Wildman–Crippen MR) is 103 cm³/mol. The van der Waals surface area contributed by atoms with E-state index in [-0.39, 0.29) is 29.7 Å². The van der Waals surface area contributed by atoms with Crippen molar-refractivity contribution in [2.24, 2.45) is 0 Å². The van der Waals surface area contributed by atoms with Gasteiger partial charge in [-0.25, -0.2) is 12.8 Å². The minimum Gasteiger partial charge on any atom is -0.493 e. The molecular formula is C19H20FN3O5S. The number of sulfonamides is 1. The molecule has 1 heterocycles. The van der Waals surface area contributed by atoms with Crippen molar-refractivity contribution in [2.75, 3.05) is 20.8 Å². The second kappa shape index (κ2) is 8.58. The van der Waals surface area contributed by atoms with E-state index in [9.17, 15) is 12.8 Å². The maximum Gasteiger partial charge on any atom is 0.243 e. The van der Waals surface area contributed by atoms with E-state index in [1.807, 2.05) is 0 Å². The van der Waals surface area contributed by atoms with Crippen molar-refractivity contribution in [2.45, 2.75) is 18.4 Å². The van der Waals surface area contributed by atoms with Gasteiger partial charge in [0.05, 0.1) is 25.7 Å². The third-order valence-electron chi connectivity index (χ3n) is 4.23. The van der Waals surface area contributed by atoms with E-state index in [2.05, 4.69) is 10.1 Å². The summed E-state index contributed by atoms with van der Waals surface area (Å²) in [4.78, 5) is 4.27. The van der Waals surface area contributed by atoms with Crippen LogP contribution in [0.4, 0.5) is 4.39 Å². The van der Waals surface area contributed by atoms with Gasteiger partial charge in [-0.3, -0.25) is 0 Å². The van der Waals surface area contributed by atoms with Crippen LogP contribution in [0.25, 0.3) is 11.4 Å².